The number of hydrogen-bond donors (Lipinski definition) is 0. The molecule has 0 amide bonds. The second-order valence-electron chi connectivity index (χ2n) is 6.74. The zero-order valence-electron chi connectivity index (χ0n) is 17.2. The van der Waals surface area contributed by atoms with E-state index in [4.69, 9.17) is 4.74 Å². The van der Waals surface area contributed by atoms with E-state index in [0.29, 0.717) is 6.42 Å². The Morgan fingerprint density at radius 2 is 1.33 bits per heavy atom. The van der Waals surface area contributed by atoms with Crippen molar-refractivity contribution < 1.29 is 91.5 Å². The number of esters is 1. The Bertz CT molecular complexity index is 496. The average Bonchev–Trinajstić information content (AvgIpc) is 2.48. The Hall–Kier alpha value is 0.850. The molecular formula is C17H30Na2O7S. The van der Waals surface area contributed by atoms with Crippen LogP contribution in [0, 0.1) is 5.92 Å². The van der Waals surface area contributed by atoms with Crippen LogP contribution in [0.1, 0.15) is 78.1 Å². The van der Waals surface area contributed by atoms with Gasteiger partial charge in [0, 0.05) is 0 Å². The number of hydrogen-bond acceptors (Lipinski definition) is 7. The summed E-state index contributed by atoms with van der Waals surface area (Å²) in [7, 11) is -5.13. The van der Waals surface area contributed by atoms with Gasteiger partial charge >= 0.3 is 65.1 Å². The van der Waals surface area contributed by atoms with Gasteiger partial charge in [-0.3, -0.25) is 4.79 Å². The molecule has 0 aromatic carbocycles. The average molecular weight is 424 g/mol. The summed E-state index contributed by atoms with van der Waals surface area (Å²) in [5.74, 6) is -2.34. The first-order chi connectivity index (χ1) is 11.6. The Morgan fingerprint density at radius 3 is 1.74 bits per heavy atom. The molecule has 0 radical (unpaired) electrons. The Balaban J connectivity index is -0.00000288. The van der Waals surface area contributed by atoms with Gasteiger partial charge in [-0.2, -0.15) is 0 Å². The SMILES string of the molecule is CC(C)CCCCCCCCCCOC(=O)CC(C(=O)[O-])S(=O)(=O)[O-].[Na+].[Na+]. The third kappa shape index (κ3) is 19.9. The quantitative estimate of drug-likeness (QED) is 0.113. The van der Waals surface area contributed by atoms with Gasteiger partial charge in [0.05, 0.1) is 24.2 Å². The largest absolute Gasteiger partial charge is 1.00 e. The van der Waals surface area contributed by atoms with E-state index in [2.05, 4.69) is 13.8 Å². The zero-order valence-corrected chi connectivity index (χ0v) is 22.0. The van der Waals surface area contributed by atoms with Crippen LogP contribution < -0.4 is 64.2 Å². The molecule has 7 nitrogen and oxygen atoms in total. The van der Waals surface area contributed by atoms with Crippen molar-refractivity contribution in [1.29, 1.82) is 0 Å². The van der Waals surface area contributed by atoms with Crippen LogP contribution in [-0.4, -0.2) is 36.8 Å². The van der Waals surface area contributed by atoms with Crippen LogP contribution in [0.4, 0.5) is 0 Å². The van der Waals surface area contributed by atoms with Crippen LogP contribution in [0.25, 0.3) is 0 Å². The normalized spacial score (nSPS) is 12.0. The molecule has 1 atom stereocenters. The van der Waals surface area contributed by atoms with Gasteiger partial charge in [-0.05, 0) is 12.3 Å². The summed E-state index contributed by atoms with van der Waals surface area (Å²) >= 11 is 0. The number of ether oxygens (including phenoxy) is 1. The van der Waals surface area contributed by atoms with Gasteiger partial charge in [-0.15, -0.1) is 0 Å². The Kier molecular flexibility index (Phi) is 22.7. The molecule has 10 heteroatoms. The van der Waals surface area contributed by atoms with Gasteiger partial charge in [0.15, 0.2) is 0 Å². The number of unbranched alkanes of at least 4 members (excludes halogenated alkanes) is 7. The predicted molar refractivity (Wildman–Crippen MR) is 90.5 cm³/mol. The number of aliphatic carboxylic acids is 1. The molecule has 0 saturated carbocycles. The molecule has 0 saturated heterocycles. The summed E-state index contributed by atoms with van der Waals surface area (Å²) in [4.78, 5) is 21.9. The fraction of sp³-hybridized carbons (Fsp3) is 0.882. The number of rotatable bonds is 15. The van der Waals surface area contributed by atoms with Gasteiger partial charge in [-0.1, -0.05) is 65.2 Å². The minimum absolute atomic E-state index is 0. The van der Waals surface area contributed by atoms with Crippen LogP contribution in [0.2, 0.25) is 0 Å². The standard InChI is InChI=1S/C17H32O7S.2Na/c1-14(2)11-9-7-5-3-4-6-8-10-12-24-16(18)13-15(17(19)20)25(21,22)23;;/h14-15H,3-13H2,1-2H3,(H,19,20)(H,21,22,23);;/q;2*+1/p-2. The molecule has 0 spiro atoms. The van der Waals surface area contributed by atoms with Crippen molar-refractivity contribution in [2.75, 3.05) is 6.61 Å². The maximum absolute atomic E-state index is 11.4. The first-order valence-corrected chi connectivity index (χ1v) is 10.4. The molecule has 0 rings (SSSR count). The topological polar surface area (TPSA) is 124 Å². The molecule has 148 valence electrons. The summed E-state index contributed by atoms with van der Waals surface area (Å²) in [5.41, 5.74) is 0. The molecule has 0 N–H and O–H groups in total. The number of carbonyl (C=O) groups excluding carboxylic acids is 2. The zero-order chi connectivity index (χ0) is 19.3. The molecule has 0 heterocycles. The molecule has 0 bridgehead atoms. The van der Waals surface area contributed by atoms with Crippen molar-refractivity contribution in [1.82, 2.24) is 0 Å². The first-order valence-electron chi connectivity index (χ1n) is 8.95. The summed E-state index contributed by atoms with van der Waals surface area (Å²) < 4.78 is 36.9. The van der Waals surface area contributed by atoms with Crippen LogP contribution in [-0.2, 0) is 24.4 Å². The fourth-order valence-electron chi connectivity index (χ4n) is 2.41. The molecule has 0 aliphatic rings. The van der Waals surface area contributed by atoms with Gasteiger partial charge < -0.3 is 19.2 Å². The fourth-order valence-corrected chi connectivity index (χ4v) is 2.99. The molecule has 27 heavy (non-hydrogen) atoms. The minimum atomic E-state index is -5.13. The van der Waals surface area contributed by atoms with Crippen molar-refractivity contribution in [2.24, 2.45) is 5.92 Å². The Labute approximate surface area is 207 Å². The van der Waals surface area contributed by atoms with E-state index in [1.165, 1.54) is 32.1 Å². The van der Waals surface area contributed by atoms with E-state index in [9.17, 15) is 27.7 Å². The summed E-state index contributed by atoms with van der Waals surface area (Å²) in [6.45, 7) is 4.54. The van der Waals surface area contributed by atoms with Crippen LogP contribution in [0.5, 0.6) is 0 Å². The monoisotopic (exact) mass is 424 g/mol. The van der Waals surface area contributed by atoms with Gasteiger partial charge in [0.2, 0.25) is 0 Å². The third-order valence-electron chi connectivity index (χ3n) is 3.90. The molecule has 0 fully saturated rings. The minimum Gasteiger partial charge on any atom is -0.747 e. The molecule has 0 aliphatic heterocycles. The van der Waals surface area contributed by atoms with E-state index < -0.39 is 33.7 Å². The van der Waals surface area contributed by atoms with Gasteiger partial charge in [-0.25, -0.2) is 8.42 Å². The van der Waals surface area contributed by atoms with Gasteiger partial charge in [0.1, 0.15) is 10.1 Å². The number of carboxylic acids is 1. The van der Waals surface area contributed by atoms with E-state index in [-0.39, 0.29) is 65.7 Å². The number of carboxylic acid groups (broad SMARTS) is 1. The molecule has 0 aromatic heterocycles. The summed E-state index contributed by atoms with van der Waals surface area (Å²) in [6, 6.07) is 0. The maximum Gasteiger partial charge on any atom is 1.00 e. The van der Waals surface area contributed by atoms with E-state index >= 15 is 0 Å². The van der Waals surface area contributed by atoms with Crippen molar-refractivity contribution in [2.45, 2.75) is 83.3 Å². The van der Waals surface area contributed by atoms with Crippen molar-refractivity contribution in [3.63, 3.8) is 0 Å². The smallest absolute Gasteiger partial charge is 0.747 e. The molecule has 1 unspecified atom stereocenters. The summed E-state index contributed by atoms with van der Waals surface area (Å²) in [6.07, 6.45) is 8.87. The number of carbonyl (C=O) groups is 2. The Morgan fingerprint density at radius 1 is 0.889 bits per heavy atom. The van der Waals surface area contributed by atoms with Crippen molar-refractivity contribution in [3.05, 3.63) is 0 Å². The maximum atomic E-state index is 11.4. The predicted octanol–water partition coefficient (Wildman–Crippen LogP) is -4.24. The third-order valence-corrected chi connectivity index (χ3v) is 4.96. The van der Waals surface area contributed by atoms with Crippen LogP contribution in [0.15, 0.2) is 0 Å². The van der Waals surface area contributed by atoms with E-state index in [1.54, 1.807) is 0 Å². The second-order valence-corrected chi connectivity index (χ2v) is 8.29. The van der Waals surface area contributed by atoms with E-state index in [0.717, 1.165) is 25.2 Å². The molecular weight excluding hydrogens is 394 g/mol. The van der Waals surface area contributed by atoms with Crippen molar-refractivity contribution >= 4 is 22.1 Å². The molecule has 0 aliphatic carbocycles. The van der Waals surface area contributed by atoms with Crippen LogP contribution in [0.3, 0.4) is 0 Å². The van der Waals surface area contributed by atoms with E-state index in [1.807, 2.05) is 0 Å². The second kappa shape index (κ2) is 18.9. The van der Waals surface area contributed by atoms with Crippen LogP contribution >= 0.6 is 0 Å². The molecule has 0 aromatic rings. The first kappa shape index (κ1) is 32.5. The van der Waals surface area contributed by atoms with Gasteiger partial charge in [0.25, 0.3) is 0 Å². The summed E-state index contributed by atoms with van der Waals surface area (Å²) in [5, 5.41) is 8.17. The van der Waals surface area contributed by atoms with Crippen molar-refractivity contribution in [3.8, 4) is 0 Å².